The molecule has 2 aromatic carbocycles. The highest BCUT2D eigenvalue weighted by Crippen LogP contribution is 2.27. The summed E-state index contributed by atoms with van der Waals surface area (Å²) in [6.45, 7) is 0.197. The van der Waals surface area contributed by atoms with Crippen molar-refractivity contribution in [3.05, 3.63) is 83.1 Å². The summed E-state index contributed by atoms with van der Waals surface area (Å²) in [5.74, 6) is 0.127. The first kappa shape index (κ1) is 19.3. The monoisotopic (exact) mass is 470 g/mol. The number of aromatic nitrogens is 3. The molecule has 9 heteroatoms. The van der Waals surface area contributed by atoms with Gasteiger partial charge in [-0.25, -0.2) is 18.4 Å². The molecule has 0 atom stereocenters. The molecule has 0 saturated carbocycles. The molecule has 146 valence electrons. The standard InChI is InChI=1S/C20H15BrN4O3S/c21-15-5-7-16(8-6-15)29(26,27)25-19-20(28-13-14-9-11-22-12-10-14)24-18-4-2-1-3-17(18)23-19/h1-12H,13H2,(H,23,25). The number of hydrogen-bond donors (Lipinski definition) is 1. The van der Waals surface area contributed by atoms with Gasteiger partial charge in [0.05, 0.1) is 15.9 Å². The van der Waals surface area contributed by atoms with Crippen molar-refractivity contribution in [2.24, 2.45) is 0 Å². The number of fused-ring (bicyclic) bond motifs is 1. The Morgan fingerprint density at radius 3 is 2.24 bits per heavy atom. The molecule has 29 heavy (non-hydrogen) atoms. The van der Waals surface area contributed by atoms with Gasteiger partial charge in [0.25, 0.3) is 15.9 Å². The van der Waals surface area contributed by atoms with E-state index in [1.807, 2.05) is 12.1 Å². The maximum atomic E-state index is 12.8. The van der Waals surface area contributed by atoms with Crippen LogP contribution in [0, 0.1) is 0 Å². The summed E-state index contributed by atoms with van der Waals surface area (Å²) in [6.07, 6.45) is 3.31. The van der Waals surface area contributed by atoms with E-state index in [2.05, 4.69) is 35.6 Å². The van der Waals surface area contributed by atoms with Gasteiger partial charge in [-0.2, -0.15) is 0 Å². The molecule has 2 heterocycles. The van der Waals surface area contributed by atoms with Gasteiger partial charge >= 0.3 is 0 Å². The van der Waals surface area contributed by atoms with Crippen molar-refractivity contribution >= 4 is 42.8 Å². The maximum absolute atomic E-state index is 12.8. The number of pyridine rings is 1. The van der Waals surface area contributed by atoms with Gasteiger partial charge in [0.15, 0.2) is 0 Å². The van der Waals surface area contributed by atoms with Gasteiger partial charge < -0.3 is 4.74 Å². The summed E-state index contributed by atoms with van der Waals surface area (Å²) >= 11 is 3.30. The number of rotatable bonds is 6. The van der Waals surface area contributed by atoms with E-state index < -0.39 is 10.0 Å². The molecule has 0 unspecified atom stereocenters. The van der Waals surface area contributed by atoms with Crippen LogP contribution in [0.15, 0.2) is 82.4 Å². The first-order valence-electron chi connectivity index (χ1n) is 8.58. The van der Waals surface area contributed by atoms with Crippen molar-refractivity contribution in [1.29, 1.82) is 0 Å². The maximum Gasteiger partial charge on any atom is 0.263 e. The molecule has 0 radical (unpaired) electrons. The van der Waals surface area contributed by atoms with Crippen LogP contribution in [0.2, 0.25) is 0 Å². The van der Waals surface area contributed by atoms with Crippen molar-refractivity contribution in [2.75, 3.05) is 4.72 Å². The van der Waals surface area contributed by atoms with E-state index in [4.69, 9.17) is 4.74 Å². The van der Waals surface area contributed by atoms with Crippen LogP contribution >= 0.6 is 15.9 Å². The Kier molecular flexibility index (Phi) is 5.41. The van der Waals surface area contributed by atoms with Crippen molar-refractivity contribution in [2.45, 2.75) is 11.5 Å². The highest BCUT2D eigenvalue weighted by Gasteiger charge is 2.19. The van der Waals surface area contributed by atoms with Crippen molar-refractivity contribution < 1.29 is 13.2 Å². The van der Waals surface area contributed by atoms with Crippen LogP contribution in [-0.2, 0) is 16.6 Å². The second-order valence-electron chi connectivity index (χ2n) is 6.07. The zero-order chi connectivity index (χ0) is 20.3. The third-order valence-corrected chi connectivity index (χ3v) is 5.90. The second-order valence-corrected chi connectivity index (χ2v) is 8.67. The van der Waals surface area contributed by atoms with Gasteiger partial charge in [-0.3, -0.25) is 9.71 Å². The summed E-state index contributed by atoms with van der Waals surface area (Å²) in [6, 6.07) is 17.1. The summed E-state index contributed by atoms with van der Waals surface area (Å²) in [5.41, 5.74) is 2.03. The van der Waals surface area contributed by atoms with Gasteiger partial charge in [0.1, 0.15) is 6.61 Å². The molecule has 0 saturated heterocycles. The molecule has 4 rings (SSSR count). The minimum atomic E-state index is -3.87. The highest BCUT2D eigenvalue weighted by atomic mass is 79.9. The minimum Gasteiger partial charge on any atom is -0.470 e. The van der Waals surface area contributed by atoms with Crippen LogP contribution in [0.4, 0.5) is 5.82 Å². The lowest BCUT2D eigenvalue weighted by Gasteiger charge is -2.13. The Morgan fingerprint density at radius 2 is 1.55 bits per heavy atom. The van der Waals surface area contributed by atoms with E-state index in [0.717, 1.165) is 10.0 Å². The zero-order valence-corrected chi connectivity index (χ0v) is 17.4. The molecule has 2 aromatic heterocycles. The SMILES string of the molecule is O=S(=O)(Nc1nc2ccccc2nc1OCc1ccncc1)c1ccc(Br)cc1. The van der Waals surface area contributed by atoms with Gasteiger partial charge in [0, 0.05) is 16.9 Å². The van der Waals surface area contributed by atoms with Crippen LogP contribution in [0.3, 0.4) is 0 Å². The van der Waals surface area contributed by atoms with Gasteiger partial charge in [-0.15, -0.1) is 0 Å². The second kappa shape index (κ2) is 8.14. The number of anilines is 1. The first-order chi connectivity index (χ1) is 14.0. The Bertz CT molecular complexity index is 1250. The lowest BCUT2D eigenvalue weighted by atomic mass is 10.3. The fourth-order valence-electron chi connectivity index (χ4n) is 2.58. The van der Waals surface area contributed by atoms with E-state index >= 15 is 0 Å². The zero-order valence-electron chi connectivity index (χ0n) is 15.0. The molecule has 4 aromatic rings. The molecule has 0 bridgehead atoms. The van der Waals surface area contributed by atoms with Crippen LogP contribution in [0.5, 0.6) is 5.88 Å². The van der Waals surface area contributed by atoms with E-state index in [1.54, 1.807) is 48.8 Å². The Balaban J connectivity index is 1.70. The number of ether oxygens (including phenoxy) is 1. The molecule has 0 fully saturated rings. The number of sulfonamides is 1. The molecule has 0 aliphatic carbocycles. The van der Waals surface area contributed by atoms with Crippen molar-refractivity contribution in [1.82, 2.24) is 15.0 Å². The van der Waals surface area contributed by atoms with Crippen LogP contribution in [0.25, 0.3) is 11.0 Å². The smallest absolute Gasteiger partial charge is 0.263 e. The first-order valence-corrected chi connectivity index (χ1v) is 10.9. The molecule has 0 aliphatic heterocycles. The van der Waals surface area contributed by atoms with E-state index in [1.165, 1.54) is 12.1 Å². The normalized spacial score (nSPS) is 11.3. The van der Waals surface area contributed by atoms with Gasteiger partial charge in [0.2, 0.25) is 5.82 Å². The Labute approximate surface area is 176 Å². The topological polar surface area (TPSA) is 94.1 Å². The molecular formula is C20H15BrN4O3S. The molecular weight excluding hydrogens is 456 g/mol. The van der Waals surface area contributed by atoms with Crippen molar-refractivity contribution in [3.63, 3.8) is 0 Å². The summed E-state index contributed by atoms with van der Waals surface area (Å²) in [4.78, 5) is 12.9. The summed E-state index contributed by atoms with van der Waals surface area (Å²) < 4.78 is 34.7. The number of nitrogens with zero attached hydrogens (tertiary/aromatic N) is 3. The number of para-hydroxylation sites is 2. The Hall–Kier alpha value is -3.04. The predicted molar refractivity (Wildman–Crippen MR) is 113 cm³/mol. The van der Waals surface area contributed by atoms with Gasteiger partial charge in [-0.1, -0.05) is 28.1 Å². The number of nitrogens with one attached hydrogen (secondary N) is 1. The average molecular weight is 471 g/mol. The molecule has 0 spiro atoms. The lowest BCUT2D eigenvalue weighted by Crippen LogP contribution is -2.15. The molecule has 0 amide bonds. The van der Waals surface area contributed by atoms with Crippen molar-refractivity contribution in [3.8, 4) is 5.88 Å². The molecule has 7 nitrogen and oxygen atoms in total. The fraction of sp³-hybridized carbons (Fsp3) is 0.0500. The van der Waals surface area contributed by atoms with E-state index in [0.29, 0.717) is 11.0 Å². The van der Waals surface area contributed by atoms with Crippen LogP contribution in [-0.4, -0.2) is 23.4 Å². The van der Waals surface area contributed by atoms with Crippen LogP contribution < -0.4 is 9.46 Å². The van der Waals surface area contributed by atoms with Crippen LogP contribution in [0.1, 0.15) is 5.56 Å². The lowest BCUT2D eigenvalue weighted by molar-refractivity contribution is 0.295. The third kappa shape index (κ3) is 4.52. The fourth-order valence-corrected chi connectivity index (χ4v) is 3.85. The largest absolute Gasteiger partial charge is 0.470 e. The predicted octanol–water partition coefficient (Wildman–Crippen LogP) is 4.17. The van der Waals surface area contributed by atoms with E-state index in [9.17, 15) is 8.42 Å². The van der Waals surface area contributed by atoms with Gasteiger partial charge in [-0.05, 0) is 54.1 Å². The summed E-state index contributed by atoms with van der Waals surface area (Å²) in [5, 5.41) is 0. The third-order valence-electron chi connectivity index (χ3n) is 4.02. The summed E-state index contributed by atoms with van der Waals surface area (Å²) in [7, 11) is -3.87. The Morgan fingerprint density at radius 1 is 0.897 bits per heavy atom. The molecule has 1 N–H and O–H groups in total. The average Bonchev–Trinajstić information content (AvgIpc) is 2.73. The minimum absolute atomic E-state index is 0.0284. The number of hydrogen-bond acceptors (Lipinski definition) is 6. The number of benzene rings is 2. The molecule has 0 aliphatic rings. The van der Waals surface area contributed by atoms with E-state index in [-0.39, 0.29) is 23.2 Å². The highest BCUT2D eigenvalue weighted by molar-refractivity contribution is 9.10. The number of halogens is 1. The quantitative estimate of drug-likeness (QED) is 0.454.